The molecule has 2 aromatic heterocycles. The van der Waals surface area contributed by atoms with Crippen molar-refractivity contribution in [3.8, 4) is 0 Å². The number of fused-ring (bicyclic) bond motifs is 3. The molecule has 6 heteroatoms. The summed E-state index contributed by atoms with van der Waals surface area (Å²) in [6.07, 6.45) is 1.46. The first-order valence-corrected chi connectivity index (χ1v) is 9.08. The van der Waals surface area contributed by atoms with Crippen molar-refractivity contribution in [1.82, 2.24) is 9.78 Å². The Morgan fingerprint density at radius 1 is 1.07 bits per heavy atom. The van der Waals surface area contributed by atoms with Gasteiger partial charge in [0.1, 0.15) is 17.5 Å². The van der Waals surface area contributed by atoms with Gasteiger partial charge in [-0.25, -0.2) is 4.79 Å². The van der Waals surface area contributed by atoms with Crippen molar-refractivity contribution >= 4 is 33.5 Å². The smallest absolute Gasteiger partial charge is 0.347 e. The molecule has 2 heterocycles. The zero-order valence-corrected chi connectivity index (χ0v) is 16.3. The number of aryl methyl sites for hydroxylation is 3. The molecule has 6 nitrogen and oxygen atoms in total. The third-order valence-corrected chi connectivity index (χ3v) is 5.19. The predicted molar refractivity (Wildman–Crippen MR) is 110 cm³/mol. The lowest BCUT2D eigenvalue weighted by Gasteiger charge is -2.19. The van der Waals surface area contributed by atoms with Crippen LogP contribution in [-0.4, -0.2) is 22.7 Å². The number of amides is 1. The molecule has 1 amide bonds. The van der Waals surface area contributed by atoms with E-state index in [4.69, 9.17) is 4.42 Å². The van der Waals surface area contributed by atoms with Crippen molar-refractivity contribution in [2.75, 3.05) is 11.9 Å². The number of hydrogen-bond donors (Lipinski definition) is 0. The Kier molecular flexibility index (Phi) is 4.26. The molecule has 0 aliphatic rings. The Morgan fingerprint density at radius 2 is 1.86 bits per heavy atom. The van der Waals surface area contributed by atoms with Crippen molar-refractivity contribution in [3.05, 3.63) is 69.7 Å². The van der Waals surface area contributed by atoms with E-state index in [9.17, 15) is 9.59 Å². The summed E-state index contributed by atoms with van der Waals surface area (Å²) in [7, 11) is 1.74. The first kappa shape index (κ1) is 18.0. The predicted octanol–water partition coefficient (Wildman–Crippen LogP) is 3.73. The highest BCUT2D eigenvalue weighted by Crippen LogP contribution is 2.24. The molecule has 0 saturated carbocycles. The van der Waals surface area contributed by atoms with Gasteiger partial charge in [0.05, 0.1) is 11.7 Å². The van der Waals surface area contributed by atoms with Crippen LogP contribution in [0.1, 0.15) is 16.7 Å². The maximum Gasteiger partial charge on any atom is 0.347 e. The van der Waals surface area contributed by atoms with Crippen LogP contribution >= 0.6 is 0 Å². The second-order valence-corrected chi connectivity index (χ2v) is 7.17. The molecule has 0 spiro atoms. The van der Waals surface area contributed by atoms with Gasteiger partial charge >= 0.3 is 5.63 Å². The summed E-state index contributed by atoms with van der Waals surface area (Å²) in [4.78, 5) is 26.8. The maximum absolute atomic E-state index is 12.9. The van der Waals surface area contributed by atoms with Gasteiger partial charge < -0.3 is 9.32 Å². The first-order chi connectivity index (χ1) is 13.3. The third kappa shape index (κ3) is 2.97. The highest BCUT2D eigenvalue weighted by molar-refractivity contribution is 6.03. The van der Waals surface area contributed by atoms with E-state index >= 15 is 0 Å². The SMILES string of the molecule is Cc1ccc2oc(=O)c3cnn(CC(=O)N(C)c4ccc(C)c(C)c4)c3c2c1. The van der Waals surface area contributed by atoms with E-state index in [1.165, 1.54) is 11.8 Å². The third-order valence-electron chi connectivity index (χ3n) is 5.19. The van der Waals surface area contributed by atoms with Crippen LogP contribution in [-0.2, 0) is 11.3 Å². The van der Waals surface area contributed by atoms with E-state index in [2.05, 4.69) is 5.10 Å². The average Bonchev–Trinajstić information content (AvgIpc) is 3.08. The van der Waals surface area contributed by atoms with Gasteiger partial charge in [0.15, 0.2) is 0 Å². The van der Waals surface area contributed by atoms with Crippen LogP contribution in [0.3, 0.4) is 0 Å². The van der Waals surface area contributed by atoms with Gasteiger partial charge in [0.25, 0.3) is 0 Å². The van der Waals surface area contributed by atoms with Gasteiger partial charge in [0.2, 0.25) is 5.91 Å². The first-order valence-electron chi connectivity index (χ1n) is 9.08. The number of likely N-dealkylation sites (N-methyl/N-ethyl adjacent to an activating group) is 1. The fraction of sp³-hybridized carbons (Fsp3) is 0.227. The molecule has 0 bridgehead atoms. The zero-order valence-electron chi connectivity index (χ0n) is 16.3. The summed E-state index contributed by atoms with van der Waals surface area (Å²) in [5.74, 6) is -0.123. The second-order valence-electron chi connectivity index (χ2n) is 7.17. The fourth-order valence-corrected chi connectivity index (χ4v) is 3.32. The van der Waals surface area contributed by atoms with Crippen molar-refractivity contribution in [1.29, 1.82) is 0 Å². The number of hydrogen-bond acceptors (Lipinski definition) is 4. The highest BCUT2D eigenvalue weighted by Gasteiger charge is 2.18. The molecule has 0 N–H and O–H groups in total. The van der Waals surface area contributed by atoms with E-state index < -0.39 is 5.63 Å². The lowest BCUT2D eigenvalue weighted by molar-refractivity contribution is -0.119. The molecular weight excluding hydrogens is 354 g/mol. The Hall–Kier alpha value is -3.41. The van der Waals surface area contributed by atoms with Gasteiger partial charge in [-0.2, -0.15) is 5.10 Å². The zero-order chi connectivity index (χ0) is 20.0. The molecule has 0 unspecified atom stereocenters. The number of aromatic nitrogens is 2. The minimum absolute atomic E-state index is 0.0272. The fourth-order valence-electron chi connectivity index (χ4n) is 3.32. The summed E-state index contributed by atoms with van der Waals surface area (Å²) in [5.41, 5.74) is 4.82. The van der Waals surface area contributed by atoms with Gasteiger partial charge in [-0.15, -0.1) is 0 Å². The molecule has 0 saturated heterocycles. The largest absolute Gasteiger partial charge is 0.422 e. The van der Waals surface area contributed by atoms with Crippen LogP contribution in [0.25, 0.3) is 21.9 Å². The van der Waals surface area contributed by atoms with Crippen LogP contribution < -0.4 is 10.5 Å². The minimum atomic E-state index is -0.451. The lowest BCUT2D eigenvalue weighted by atomic mass is 10.1. The Morgan fingerprint density at radius 3 is 2.61 bits per heavy atom. The van der Waals surface area contributed by atoms with E-state index in [-0.39, 0.29) is 12.5 Å². The van der Waals surface area contributed by atoms with E-state index in [0.717, 1.165) is 22.2 Å². The van der Waals surface area contributed by atoms with Crippen LogP contribution in [0.2, 0.25) is 0 Å². The second kappa shape index (κ2) is 6.64. The lowest BCUT2D eigenvalue weighted by Crippen LogP contribution is -2.30. The van der Waals surface area contributed by atoms with Gasteiger partial charge in [-0.3, -0.25) is 9.48 Å². The standard InChI is InChI=1S/C22H21N3O3/c1-13-5-8-19-17(9-13)21-18(22(27)28-19)11-23-25(21)12-20(26)24(4)16-7-6-14(2)15(3)10-16/h5-11H,12H2,1-4H3. The number of carbonyl (C=O) groups excluding carboxylic acids is 1. The Bertz CT molecular complexity index is 1280. The average molecular weight is 375 g/mol. The molecule has 4 rings (SSSR count). The van der Waals surface area contributed by atoms with Crippen LogP contribution in [0.4, 0.5) is 5.69 Å². The number of nitrogens with zero attached hydrogens (tertiary/aromatic N) is 3. The molecule has 0 radical (unpaired) electrons. The number of anilines is 1. The summed E-state index contributed by atoms with van der Waals surface area (Å²) >= 11 is 0. The van der Waals surface area contributed by atoms with Crippen molar-refractivity contribution in [3.63, 3.8) is 0 Å². The van der Waals surface area contributed by atoms with Gasteiger partial charge in [0, 0.05) is 18.1 Å². The summed E-state index contributed by atoms with van der Waals surface area (Å²) < 4.78 is 6.96. The molecule has 0 fully saturated rings. The Balaban J connectivity index is 1.76. The maximum atomic E-state index is 12.9. The molecular formula is C22H21N3O3. The molecule has 0 aliphatic carbocycles. The van der Waals surface area contributed by atoms with Crippen LogP contribution in [0.15, 0.2) is 51.8 Å². The van der Waals surface area contributed by atoms with E-state index in [1.807, 2.05) is 51.1 Å². The van der Waals surface area contributed by atoms with Gasteiger partial charge in [-0.05, 0) is 56.2 Å². The normalized spacial score (nSPS) is 11.3. The molecule has 142 valence electrons. The summed E-state index contributed by atoms with van der Waals surface area (Å²) in [6, 6.07) is 11.5. The summed E-state index contributed by atoms with van der Waals surface area (Å²) in [6.45, 7) is 6.05. The molecule has 2 aromatic carbocycles. The van der Waals surface area contributed by atoms with Crippen molar-refractivity contribution in [2.24, 2.45) is 0 Å². The molecule has 0 atom stereocenters. The molecule has 28 heavy (non-hydrogen) atoms. The Labute approximate surface area is 162 Å². The quantitative estimate of drug-likeness (QED) is 0.512. The number of benzene rings is 2. The van der Waals surface area contributed by atoms with Crippen LogP contribution in [0.5, 0.6) is 0 Å². The highest BCUT2D eigenvalue weighted by atomic mass is 16.4. The monoisotopic (exact) mass is 375 g/mol. The van der Waals surface area contributed by atoms with Gasteiger partial charge in [-0.1, -0.05) is 17.7 Å². The van der Waals surface area contributed by atoms with Crippen molar-refractivity contribution < 1.29 is 9.21 Å². The molecule has 4 aromatic rings. The van der Waals surface area contributed by atoms with Crippen LogP contribution in [0, 0.1) is 20.8 Å². The number of carbonyl (C=O) groups is 1. The van der Waals surface area contributed by atoms with E-state index in [0.29, 0.717) is 16.5 Å². The van der Waals surface area contributed by atoms with E-state index in [1.54, 1.807) is 22.7 Å². The summed E-state index contributed by atoms with van der Waals surface area (Å²) in [5, 5.41) is 5.44. The van der Waals surface area contributed by atoms with Crippen molar-refractivity contribution in [2.45, 2.75) is 27.3 Å². The molecule has 0 aliphatic heterocycles. The number of rotatable bonds is 3. The minimum Gasteiger partial charge on any atom is -0.422 e. The topological polar surface area (TPSA) is 68.3 Å².